The Morgan fingerprint density at radius 1 is 1.15 bits per heavy atom. The molecule has 3 aliphatic heterocycles. The van der Waals surface area contributed by atoms with Crippen LogP contribution in [0.2, 0.25) is 0 Å². The van der Waals surface area contributed by atoms with E-state index < -0.39 is 0 Å². The fourth-order valence-electron chi connectivity index (χ4n) is 4.50. The lowest BCUT2D eigenvalue weighted by Gasteiger charge is -2.43. The number of rotatable bonds is 5. The molecule has 1 N–H and O–H groups in total. The summed E-state index contributed by atoms with van der Waals surface area (Å²) in [7, 11) is 1.80. The summed E-state index contributed by atoms with van der Waals surface area (Å²) in [4.78, 5) is 33.7. The van der Waals surface area contributed by atoms with Crippen LogP contribution in [0.4, 0.5) is 4.79 Å². The number of nitrogens with one attached hydrogen (secondary N) is 1. The van der Waals surface area contributed by atoms with Gasteiger partial charge in [0.05, 0.1) is 0 Å². The Labute approximate surface area is 160 Å². The molecule has 1 aromatic rings. The summed E-state index contributed by atoms with van der Waals surface area (Å²) in [6.45, 7) is 5.27. The summed E-state index contributed by atoms with van der Waals surface area (Å²) in [5, 5.41) is 3.56. The van der Waals surface area contributed by atoms with Crippen molar-refractivity contribution in [1.29, 1.82) is 0 Å². The van der Waals surface area contributed by atoms with Crippen molar-refractivity contribution in [2.75, 3.05) is 26.7 Å². The molecule has 0 spiro atoms. The molecule has 3 amide bonds. The van der Waals surface area contributed by atoms with Crippen molar-refractivity contribution in [1.82, 2.24) is 24.9 Å². The first-order chi connectivity index (χ1) is 13.1. The van der Waals surface area contributed by atoms with Crippen LogP contribution >= 0.6 is 0 Å². The Morgan fingerprint density at radius 3 is 2.67 bits per heavy atom. The lowest BCUT2D eigenvalue weighted by atomic mass is 10.1. The zero-order valence-corrected chi connectivity index (χ0v) is 16.2. The fraction of sp³-hybridized carbons (Fsp3) is 0.600. The van der Waals surface area contributed by atoms with E-state index in [0.717, 1.165) is 38.9 Å². The van der Waals surface area contributed by atoms with E-state index in [-0.39, 0.29) is 30.4 Å². The molecule has 1 aromatic carbocycles. The fourth-order valence-corrected chi connectivity index (χ4v) is 4.50. The molecule has 3 aliphatic rings. The second-order valence-electron chi connectivity index (χ2n) is 7.71. The summed E-state index contributed by atoms with van der Waals surface area (Å²) in [5.74, 6) is -0.0480. The molecule has 4 rings (SSSR count). The summed E-state index contributed by atoms with van der Waals surface area (Å²) in [6.07, 6.45) is 2.56. The second-order valence-corrected chi connectivity index (χ2v) is 7.71. The smallest absolute Gasteiger partial charge is 0.310 e. The number of nitrogens with zero attached hydrogens (tertiary/aromatic N) is 4. The van der Waals surface area contributed by atoms with Gasteiger partial charge in [-0.15, -0.1) is 0 Å². The lowest BCUT2D eigenvalue weighted by Crippen LogP contribution is -2.66. The van der Waals surface area contributed by atoms with E-state index in [0.29, 0.717) is 6.54 Å². The Kier molecular flexibility index (Phi) is 5.16. The third-order valence-electron chi connectivity index (χ3n) is 5.93. The highest BCUT2D eigenvalue weighted by molar-refractivity contribution is 6.00. The Balaban J connectivity index is 1.55. The van der Waals surface area contributed by atoms with E-state index in [9.17, 15) is 9.59 Å². The monoisotopic (exact) mass is 371 g/mol. The normalized spacial score (nSPS) is 29.2. The van der Waals surface area contributed by atoms with Crippen LogP contribution in [-0.2, 0) is 11.3 Å². The average Bonchev–Trinajstić information content (AvgIpc) is 3.08. The van der Waals surface area contributed by atoms with Gasteiger partial charge in [0, 0.05) is 33.2 Å². The van der Waals surface area contributed by atoms with Gasteiger partial charge in [0.15, 0.2) is 0 Å². The molecule has 3 fully saturated rings. The van der Waals surface area contributed by atoms with Crippen LogP contribution in [-0.4, -0.2) is 76.7 Å². The number of imide groups is 1. The van der Waals surface area contributed by atoms with E-state index in [4.69, 9.17) is 0 Å². The first-order valence-corrected chi connectivity index (χ1v) is 9.99. The van der Waals surface area contributed by atoms with E-state index in [1.165, 1.54) is 10.5 Å². The van der Waals surface area contributed by atoms with E-state index >= 15 is 0 Å². The highest BCUT2D eigenvalue weighted by Crippen LogP contribution is 2.31. The number of carbonyl (C=O) groups is 2. The van der Waals surface area contributed by atoms with Crippen LogP contribution in [0.15, 0.2) is 30.3 Å². The topological polar surface area (TPSA) is 59.1 Å². The van der Waals surface area contributed by atoms with Gasteiger partial charge >= 0.3 is 6.03 Å². The molecule has 7 nitrogen and oxygen atoms in total. The Bertz CT molecular complexity index is 697. The summed E-state index contributed by atoms with van der Waals surface area (Å²) < 4.78 is 0. The predicted molar refractivity (Wildman–Crippen MR) is 102 cm³/mol. The van der Waals surface area contributed by atoms with Gasteiger partial charge in [-0.25, -0.2) is 4.79 Å². The molecule has 0 aromatic heterocycles. The maximum atomic E-state index is 13.2. The predicted octanol–water partition coefficient (Wildman–Crippen LogP) is 1.47. The molecule has 27 heavy (non-hydrogen) atoms. The Morgan fingerprint density at radius 2 is 1.93 bits per heavy atom. The van der Waals surface area contributed by atoms with Crippen LogP contribution in [0.5, 0.6) is 0 Å². The molecule has 146 valence electrons. The minimum absolute atomic E-state index is 0.0146. The van der Waals surface area contributed by atoms with Crippen molar-refractivity contribution in [3.8, 4) is 0 Å². The van der Waals surface area contributed by atoms with Crippen molar-refractivity contribution in [3.63, 3.8) is 0 Å². The van der Waals surface area contributed by atoms with Gasteiger partial charge in [0.1, 0.15) is 18.5 Å². The molecule has 0 radical (unpaired) electrons. The van der Waals surface area contributed by atoms with Gasteiger partial charge in [0.2, 0.25) is 0 Å². The van der Waals surface area contributed by atoms with Gasteiger partial charge < -0.3 is 4.90 Å². The number of hydrogen-bond acceptors (Lipinski definition) is 5. The lowest BCUT2D eigenvalue weighted by molar-refractivity contribution is -0.140. The zero-order valence-electron chi connectivity index (χ0n) is 16.2. The number of unbranched alkanes of at least 4 members (excludes halogenated alkanes) is 1. The third kappa shape index (κ3) is 3.24. The van der Waals surface area contributed by atoms with Crippen molar-refractivity contribution in [2.45, 2.75) is 51.2 Å². The first-order valence-electron chi connectivity index (χ1n) is 9.99. The average molecular weight is 371 g/mol. The van der Waals surface area contributed by atoms with Gasteiger partial charge in [-0.05, 0) is 18.4 Å². The van der Waals surface area contributed by atoms with Crippen LogP contribution < -0.4 is 5.32 Å². The quantitative estimate of drug-likeness (QED) is 0.849. The molecule has 0 aliphatic carbocycles. The second kappa shape index (κ2) is 7.58. The molecule has 3 saturated heterocycles. The maximum Gasteiger partial charge on any atom is 0.327 e. The minimum atomic E-state index is -0.298. The number of fused-ring (bicyclic) bond motifs is 3. The van der Waals surface area contributed by atoms with Crippen molar-refractivity contribution in [2.24, 2.45) is 0 Å². The van der Waals surface area contributed by atoms with Crippen molar-refractivity contribution in [3.05, 3.63) is 35.9 Å². The minimum Gasteiger partial charge on any atom is -0.310 e. The zero-order chi connectivity index (χ0) is 19.0. The molecule has 0 saturated carbocycles. The largest absolute Gasteiger partial charge is 0.327 e. The van der Waals surface area contributed by atoms with Gasteiger partial charge in [-0.2, -0.15) is 0 Å². The van der Waals surface area contributed by atoms with Crippen LogP contribution in [0.25, 0.3) is 0 Å². The maximum absolute atomic E-state index is 13.2. The SMILES string of the molecule is CCCCN1C(=O)C2C(NC3N(Cc4ccccc4)CCCN23)N(C)C1=O. The number of urea groups is 1. The van der Waals surface area contributed by atoms with Crippen molar-refractivity contribution >= 4 is 11.9 Å². The van der Waals surface area contributed by atoms with Gasteiger partial charge in [0.25, 0.3) is 5.91 Å². The number of carbonyl (C=O) groups excluding carboxylic acids is 2. The number of likely N-dealkylation sites (N-methyl/N-ethyl adjacent to an activating group) is 1. The first kappa shape index (κ1) is 18.4. The van der Waals surface area contributed by atoms with Gasteiger partial charge in [-0.1, -0.05) is 43.7 Å². The number of hydrogen-bond donors (Lipinski definition) is 1. The Hall–Kier alpha value is -1.96. The molecule has 3 atom stereocenters. The standard InChI is InChI=1S/C20H29N5O2/c1-3-4-12-25-18(26)16-17(22(2)20(25)27)21-19-23(11-8-13-24(16)19)14-15-9-6-5-7-10-15/h5-7,9-10,16-17,19,21H,3-4,8,11-14H2,1-2H3. The van der Waals surface area contributed by atoms with Gasteiger partial charge in [-0.3, -0.25) is 24.8 Å². The molecule has 3 heterocycles. The van der Waals surface area contributed by atoms with Crippen LogP contribution in [0.1, 0.15) is 31.7 Å². The van der Waals surface area contributed by atoms with Crippen LogP contribution in [0.3, 0.4) is 0 Å². The molecule has 3 unspecified atom stereocenters. The third-order valence-corrected chi connectivity index (χ3v) is 5.93. The molecular weight excluding hydrogens is 342 g/mol. The molecule has 0 bridgehead atoms. The number of benzene rings is 1. The highest BCUT2D eigenvalue weighted by atomic mass is 16.2. The molecular formula is C20H29N5O2. The van der Waals surface area contributed by atoms with Crippen LogP contribution in [0, 0.1) is 0 Å². The van der Waals surface area contributed by atoms with Crippen molar-refractivity contribution < 1.29 is 9.59 Å². The highest BCUT2D eigenvalue weighted by Gasteiger charge is 2.55. The van der Waals surface area contributed by atoms with E-state index in [1.807, 2.05) is 6.07 Å². The number of amides is 3. The summed E-state index contributed by atoms with van der Waals surface area (Å²) in [5.41, 5.74) is 1.26. The molecule has 7 heteroatoms. The van der Waals surface area contributed by atoms with E-state index in [1.54, 1.807) is 11.9 Å². The summed E-state index contributed by atoms with van der Waals surface area (Å²) >= 11 is 0. The van der Waals surface area contributed by atoms with E-state index in [2.05, 4.69) is 46.3 Å². The summed E-state index contributed by atoms with van der Waals surface area (Å²) in [6, 6.07) is 9.92.